The molecule has 3 aromatic rings. The van der Waals surface area contributed by atoms with Crippen LogP contribution in [-0.2, 0) is 43.5 Å². The van der Waals surface area contributed by atoms with Crippen molar-refractivity contribution in [1.29, 1.82) is 0 Å². The fourth-order valence-corrected chi connectivity index (χ4v) is 4.07. The van der Waals surface area contributed by atoms with Crippen LogP contribution in [0.1, 0.15) is 16.7 Å². The van der Waals surface area contributed by atoms with Gasteiger partial charge in [0.1, 0.15) is 24.4 Å². The van der Waals surface area contributed by atoms with Crippen molar-refractivity contribution in [3.05, 3.63) is 108 Å². The average molecular weight is 465 g/mol. The molecule has 0 spiro atoms. The molecule has 6 nitrogen and oxygen atoms in total. The summed E-state index contributed by atoms with van der Waals surface area (Å²) in [6.07, 6.45) is -3.45. The first kappa shape index (κ1) is 24.5. The zero-order chi connectivity index (χ0) is 23.6. The topological polar surface area (TPSA) is 66.4 Å². The molecule has 0 bridgehead atoms. The molecule has 0 aliphatic carbocycles. The molecule has 1 heterocycles. The lowest BCUT2D eigenvalue weighted by molar-refractivity contribution is -0.311. The van der Waals surface area contributed by atoms with Gasteiger partial charge in [-0.2, -0.15) is 0 Å². The molecular formula is C28H32O6. The Morgan fingerprint density at radius 2 is 1.12 bits per heavy atom. The Bertz CT molecular complexity index is 952. The molecule has 1 aliphatic heterocycles. The Hall–Kier alpha value is -2.58. The summed E-state index contributed by atoms with van der Waals surface area (Å²) >= 11 is 0. The number of benzene rings is 3. The second kappa shape index (κ2) is 12.8. The number of aliphatic hydroxyl groups excluding tert-OH is 1. The van der Waals surface area contributed by atoms with Crippen molar-refractivity contribution in [2.75, 3.05) is 13.7 Å². The van der Waals surface area contributed by atoms with Crippen LogP contribution in [0.2, 0.25) is 0 Å². The van der Waals surface area contributed by atoms with Crippen molar-refractivity contribution < 1.29 is 28.8 Å². The zero-order valence-electron chi connectivity index (χ0n) is 19.4. The molecule has 0 aromatic heterocycles. The monoisotopic (exact) mass is 464 g/mol. The first-order valence-corrected chi connectivity index (χ1v) is 11.5. The summed E-state index contributed by atoms with van der Waals surface area (Å²) in [5, 5.41) is 10.7. The van der Waals surface area contributed by atoms with E-state index >= 15 is 0 Å². The predicted molar refractivity (Wildman–Crippen MR) is 128 cm³/mol. The number of methoxy groups -OCH3 is 1. The molecule has 0 radical (unpaired) electrons. The Balaban J connectivity index is 1.49. The molecule has 4 rings (SSSR count). The van der Waals surface area contributed by atoms with Gasteiger partial charge in [0.05, 0.1) is 26.4 Å². The molecular weight excluding hydrogens is 432 g/mol. The standard InChI is InChI=1S/C28H32O6/c1-30-27-26(33-19-23-15-9-4-10-16-23)25(32-18-22-13-7-3-8-14-22)24(34-28(27)29)20-31-17-21-11-5-2-6-12-21/h2-16,24-29H,17-20H2,1H3/t24-,25+,26+,27+,28-/m1/s1. The fraction of sp³-hybridized carbons (Fsp3) is 0.357. The smallest absolute Gasteiger partial charge is 0.184 e. The van der Waals surface area contributed by atoms with Crippen LogP contribution in [0.25, 0.3) is 0 Å². The van der Waals surface area contributed by atoms with E-state index in [2.05, 4.69) is 0 Å². The van der Waals surface area contributed by atoms with E-state index in [1.807, 2.05) is 91.0 Å². The maximum Gasteiger partial charge on any atom is 0.184 e. The lowest BCUT2D eigenvalue weighted by Crippen LogP contribution is -2.61. The van der Waals surface area contributed by atoms with Crippen molar-refractivity contribution >= 4 is 0 Å². The molecule has 180 valence electrons. The molecule has 1 N–H and O–H groups in total. The zero-order valence-corrected chi connectivity index (χ0v) is 19.4. The summed E-state index contributed by atoms with van der Waals surface area (Å²) in [4.78, 5) is 0. The lowest BCUT2D eigenvalue weighted by Gasteiger charge is -2.44. The molecule has 1 saturated heterocycles. The summed E-state index contributed by atoms with van der Waals surface area (Å²) in [5.74, 6) is 0. The predicted octanol–water partition coefficient (Wildman–Crippen LogP) is 4.11. The van der Waals surface area contributed by atoms with Crippen molar-refractivity contribution in [2.45, 2.75) is 50.5 Å². The van der Waals surface area contributed by atoms with Gasteiger partial charge in [-0.05, 0) is 16.7 Å². The minimum absolute atomic E-state index is 0.243. The Morgan fingerprint density at radius 3 is 1.62 bits per heavy atom. The second-order valence-electron chi connectivity index (χ2n) is 8.29. The number of hydrogen-bond donors (Lipinski definition) is 1. The van der Waals surface area contributed by atoms with E-state index in [4.69, 9.17) is 23.7 Å². The van der Waals surface area contributed by atoms with Gasteiger partial charge in [-0.15, -0.1) is 0 Å². The van der Waals surface area contributed by atoms with Crippen LogP contribution in [0.4, 0.5) is 0 Å². The van der Waals surface area contributed by atoms with E-state index in [1.54, 1.807) is 0 Å². The molecule has 0 saturated carbocycles. The highest BCUT2D eigenvalue weighted by Gasteiger charge is 2.47. The van der Waals surface area contributed by atoms with Gasteiger partial charge in [0.15, 0.2) is 6.29 Å². The number of hydrogen-bond acceptors (Lipinski definition) is 6. The van der Waals surface area contributed by atoms with Crippen molar-refractivity contribution in [1.82, 2.24) is 0 Å². The van der Waals surface area contributed by atoms with Crippen molar-refractivity contribution in [3.8, 4) is 0 Å². The van der Waals surface area contributed by atoms with Crippen LogP contribution < -0.4 is 0 Å². The fourth-order valence-electron chi connectivity index (χ4n) is 4.07. The van der Waals surface area contributed by atoms with Gasteiger partial charge in [-0.3, -0.25) is 0 Å². The van der Waals surface area contributed by atoms with Gasteiger partial charge in [-0.25, -0.2) is 0 Å². The highest BCUT2D eigenvalue weighted by molar-refractivity contribution is 5.15. The average Bonchev–Trinajstić information content (AvgIpc) is 2.88. The van der Waals surface area contributed by atoms with Gasteiger partial charge in [0, 0.05) is 7.11 Å². The Morgan fingerprint density at radius 1 is 0.647 bits per heavy atom. The van der Waals surface area contributed by atoms with Crippen LogP contribution in [0.3, 0.4) is 0 Å². The maximum atomic E-state index is 10.7. The molecule has 1 fully saturated rings. The first-order chi connectivity index (χ1) is 16.7. The third-order valence-corrected chi connectivity index (χ3v) is 5.85. The SMILES string of the molecule is CO[C@H]1[C@@H](OCc2ccccc2)[C@@H](OCc2ccccc2)[C@@H](COCc2ccccc2)O[C@H]1O. The normalized spacial score (nSPS) is 24.7. The Kier molecular flexibility index (Phi) is 9.21. The summed E-state index contributed by atoms with van der Waals surface area (Å²) in [6.45, 7) is 1.42. The van der Waals surface area contributed by atoms with Crippen molar-refractivity contribution in [2.24, 2.45) is 0 Å². The van der Waals surface area contributed by atoms with Gasteiger partial charge in [-0.1, -0.05) is 91.0 Å². The van der Waals surface area contributed by atoms with Gasteiger partial charge < -0.3 is 28.8 Å². The molecule has 6 heteroatoms. The molecule has 34 heavy (non-hydrogen) atoms. The van der Waals surface area contributed by atoms with E-state index in [1.165, 1.54) is 7.11 Å². The van der Waals surface area contributed by atoms with Gasteiger partial charge in [0.25, 0.3) is 0 Å². The minimum Gasteiger partial charge on any atom is -0.374 e. The summed E-state index contributed by atoms with van der Waals surface area (Å²) in [7, 11) is 1.54. The largest absolute Gasteiger partial charge is 0.374 e. The van der Waals surface area contributed by atoms with E-state index in [0.29, 0.717) is 19.8 Å². The molecule has 0 unspecified atom stereocenters. The molecule has 5 atom stereocenters. The summed E-state index contributed by atoms with van der Waals surface area (Å²) < 4.78 is 30.1. The van der Waals surface area contributed by atoms with Crippen LogP contribution in [0, 0.1) is 0 Å². The molecule has 0 amide bonds. The minimum atomic E-state index is -1.16. The quantitative estimate of drug-likeness (QED) is 0.461. The van der Waals surface area contributed by atoms with E-state index in [0.717, 1.165) is 16.7 Å². The first-order valence-electron chi connectivity index (χ1n) is 11.5. The second-order valence-corrected chi connectivity index (χ2v) is 8.29. The van der Waals surface area contributed by atoms with Crippen molar-refractivity contribution in [3.63, 3.8) is 0 Å². The van der Waals surface area contributed by atoms with Crippen LogP contribution in [0.15, 0.2) is 91.0 Å². The van der Waals surface area contributed by atoms with E-state index in [9.17, 15) is 5.11 Å². The number of rotatable bonds is 11. The Labute approximate surface area is 201 Å². The summed E-state index contributed by atoms with van der Waals surface area (Å²) in [6, 6.07) is 29.8. The van der Waals surface area contributed by atoms with Gasteiger partial charge in [0.2, 0.25) is 0 Å². The number of aliphatic hydroxyl groups is 1. The van der Waals surface area contributed by atoms with E-state index in [-0.39, 0.29) is 6.61 Å². The highest BCUT2D eigenvalue weighted by Crippen LogP contribution is 2.29. The molecule has 1 aliphatic rings. The summed E-state index contributed by atoms with van der Waals surface area (Å²) in [5.41, 5.74) is 3.12. The maximum absolute atomic E-state index is 10.7. The van der Waals surface area contributed by atoms with Crippen LogP contribution in [0.5, 0.6) is 0 Å². The molecule has 3 aromatic carbocycles. The third-order valence-electron chi connectivity index (χ3n) is 5.85. The van der Waals surface area contributed by atoms with Gasteiger partial charge >= 0.3 is 0 Å². The van der Waals surface area contributed by atoms with Crippen LogP contribution in [-0.4, -0.2) is 49.5 Å². The third kappa shape index (κ3) is 6.73. The highest BCUT2D eigenvalue weighted by atomic mass is 16.7. The lowest BCUT2D eigenvalue weighted by atomic mass is 9.98. The number of ether oxygens (including phenoxy) is 5. The van der Waals surface area contributed by atoms with E-state index < -0.39 is 30.7 Å². The van der Waals surface area contributed by atoms with Crippen LogP contribution >= 0.6 is 0 Å².